The van der Waals surface area contributed by atoms with Gasteiger partial charge in [0.25, 0.3) is 0 Å². The summed E-state index contributed by atoms with van der Waals surface area (Å²) in [5.74, 6) is 2.76. The highest BCUT2D eigenvalue weighted by Crippen LogP contribution is 2.34. The number of nitrogens with zero attached hydrogens (tertiary/aromatic N) is 3. The first-order valence-electron chi connectivity index (χ1n) is 12.5. The van der Waals surface area contributed by atoms with Gasteiger partial charge in [-0.25, -0.2) is 0 Å². The lowest BCUT2D eigenvalue weighted by Crippen LogP contribution is -2.44. The molecule has 2 N–H and O–H groups in total. The molecule has 32 heavy (non-hydrogen) atoms. The van der Waals surface area contributed by atoms with Gasteiger partial charge in [0.05, 0.1) is 32.9 Å². The Morgan fingerprint density at radius 1 is 1.16 bits per heavy atom. The minimum atomic E-state index is 0.234. The van der Waals surface area contributed by atoms with Crippen molar-refractivity contribution in [3.8, 4) is 5.75 Å². The zero-order valence-corrected chi connectivity index (χ0v) is 19.9. The van der Waals surface area contributed by atoms with E-state index in [1.54, 1.807) is 7.11 Å². The van der Waals surface area contributed by atoms with Gasteiger partial charge in [-0.1, -0.05) is 12.1 Å². The Bertz CT molecular complexity index is 712. The summed E-state index contributed by atoms with van der Waals surface area (Å²) in [5, 5.41) is 7.03. The molecular formula is C25H41N5O2. The normalized spacial score (nSPS) is 20.9. The van der Waals surface area contributed by atoms with Crippen molar-refractivity contribution in [2.24, 2.45) is 10.9 Å². The van der Waals surface area contributed by atoms with Crippen molar-refractivity contribution in [1.82, 2.24) is 20.4 Å². The molecule has 4 rings (SSSR count). The Labute approximate surface area is 193 Å². The summed E-state index contributed by atoms with van der Waals surface area (Å²) < 4.78 is 10.9. The van der Waals surface area contributed by atoms with Crippen molar-refractivity contribution in [3.05, 3.63) is 29.8 Å². The topological polar surface area (TPSA) is 61.4 Å². The molecule has 1 unspecified atom stereocenters. The van der Waals surface area contributed by atoms with Crippen molar-refractivity contribution in [2.75, 3.05) is 66.1 Å². The van der Waals surface area contributed by atoms with Gasteiger partial charge in [0, 0.05) is 45.3 Å². The molecule has 1 saturated heterocycles. The number of guanidine groups is 1. The van der Waals surface area contributed by atoms with E-state index in [9.17, 15) is 0 Å². The lowest BCUT2D eigenvalue weighted by atomic mass is 10.0. The molecular weight excluding hydrogens is 402 g/mol. The fourth-order valence-electron chi connectivity index (χ4n) is 4.48. The maximum Gasteiger partial charge on any atom is 0.191 e. The first-order valence-corrected chi connectivity index (χ1v) is 12.5. The summed E-state index contributed by atoms with van der Waals surface area (Å²) in [6.45, 7) is 10.5. The maximum absolute atomic E-state index is 5.59. The Balaban J connectivity index is 1.36. The van der Waals surface area contributed by atoms with E-state index in [1.807, 2.05) is 12.1 Å². The summed E-state index contributed by atoms with van der Waals surface area (Å²) in [7, 11) is 1.71. The Morgan fingerprint density at radius 2 is 1.91 bits per heavy atom. The van der Waals surface area contributed by atoms with E-state index < -0.39 is 0 Å². The minimum absolute atomic E-state index is 0.234. The fourth-order valence-corrected chi connectivity index (χ4v) is 4.48. The molecule has 7 nitrogen and oxygen atoms in total. The van der Waals surface area contributed by atoms with Gasteiger partial charge in [-0.2, -0.15) is 0 Å². The van der Waals surface area contributed by atoms with Gasteiger partial charge >= 0.3 is 0 Å². The number of aliphatic imine (C=N–C) groups is 1. The van der Waals surface area contributed by atoms with Gasteiger partial charge in [-0.15, -0.1) is 0 Å². The van der Waals surface area contributed by atoms with Gasteiger partial charge in [-0.05, 0) is 56.2 Å². The Kier molecular flexibility index (Phi) is 8.65. The Hall–Kier alpha value is -1.83. The van der Waals surface area contributed by atoms with Crippen LogP contribution < -0.4 is 15.4 Å². The van der Waals surface area contributed by atoms with Crippen LogP contribution in [0.25, 0.3) is 0 Å². The molecule has 0 aromatic heterocycles. The molecule has 0 spiro atoms. The number of morpholine rings is 1. The Morgan fingerprint density at radius 3 is 2.53 bits per heavy atom. The zero-order chi connectivity index (χ0) is 22.2. The first-order chi connectivity index (χ1) is 15.8. The van der Waals surface area contributed by atoms with E-state index >= 15 is 0 Å². The van der Waals surface area contributed by atoms with Crippen molar-refractivity contribution in [1.29, 1.82) is 0 Å². The SMILES string of the molecule is CCNC(=NCC(c1ccc(OC)cc1)N1CCOCC1)NCCN(CC1CC1)C1CC1. The predicted molar refractivity (Wildman–Crippen MR) is 129 cm³/mol. The van der Waals surface area contributed by atoms with Crippen molar-refractivity contribution in [3.63, 3.8) is 0 Å². The van der Waals surface area contributed by atoms with Gasteiger partial charge in [-0.3, -0.25) is 14.8 Å². The number of rotatable bonds is 12. The van der Waals surface area contributed by atoms with E-state index in [0.717, 1.165) is 76.2 Å². The molecule has 1 aromatic rings. The van der Waals surface area contributed by atoms with Gasteiger partial charge < -0.3 is 20.1 Å². The second-order valence-electron chi connectivity index (χ2n) is 9.25. The maximum atomic E-state index is 5.59. The highest BCUT2D eigenvalue weighted by molar-refractivity contribution is 5.79. The minimum Gasteiger partial charge on any atom is -0.497 e. The van der Waals surface area contributed by atoms with E-state index in [4.69, 9.17) is 14.5 Å². The number of nitrogens with one attached hydrogen (secondary N) is 2. The molecule has 0 bridgehead atoms. The smallest absolute Gasteiger partial charge is 0.191 e. The number of methoxy groups -OCH3 is 1. The van der Waals surface area contributed by atoms with E-state index in [2.05, 4.69) is 39.5 Å². The van der Waals surface area contributed by atoms with Crippen LogP contribution in [0, 0.1) is 5.92 Å². The van der Waals surface area contributed by atoms with Crippen LogP contribution in [0.15, 0.2) is 29.3 Å². The van der Waals surface area contributed by atoms with Crippen molar-refractivity contribution >= 4 is 5.96 Å². The van der Waals surface area contributed by atoms with Gasteiger partial charge in [0.15, 0.2) is 5.96 Å². The average Bonchev–Trinajstić information content (AvgIpc) is 3.74. The third kappa shape index (κ3) is 7.09. The number of hydrogen-bond acceptors (Lipinski definition) is 5. The summed E-state index contributed by atoms with van der Waals surface area (Å²) in [6, 6.07) is 9.49. The van der Waals surface area contributed by atoms with Crippen LogP contribution in [-0.2, 0) is 4.74 Å². The summed E-state index contributed by atoms with van der Waals surface area (Å²) in [5.41, 5.74) is 1.27. The standard InChI is InChI=1S/C25H41N5O2/c1-3-26-25(27-12-13-30(22-8-9-22)19-20-4-5-20)28-18-24(29-14-16-32-17-15-29)21-6-10-23(31-2)11-7-21/h6-7,10-11,20,22,24H,3-5,8-9,12-19H2,1-2H3,(H2,26,27,28). The molecule has 0 amide bonds. The second-order valence-corrected chi connectivity index (χ2v) is 9.25. The van der Waals surface area contributed by atoms with Crippen LogP contribution >= 0.6 is 0 Å². The van der Waals surface area contributed by atoms with Crippen LogP contribution in [0.5, 0.6) is 5.75 Å². The predicted octanol–water partition coefficient (Wildman–Crippen LogP) is 2.50. The third-order valence-corrected chi connectivity index (χ3v) is 6.70. The van der Waals surface area contributed by atoms with E-state index in [1.165, 1.54) is 37.8 Å². The molecule has 1 aromatic carbocycles. The number of ether oxygens (including phenoxy) is 2. The molecule has 2 saturated carbocycles. The van der Waals surface area contributed by atoms with Crippen LogP contribution in [0.3, 0.4) is 0 Å². The highest BCUT2D eigenvalue weighted by Gasteiger charge is 2.33. The summed E-state index contributed by atoms with van der Waals surface area (Å²) >= 11 is 0. The van der Waals surface area contributed by atoms with E-state index in [-0.39, 0.29) is 6.04 Å². The van der Waals surface area contributed by atoms with Gasteiger partial charge in [0.1, 0.15) is 5.75 Å². The lowest BCUT2D eigenvalue weighted by molar-refractivity contribution is 0.0179. The average molecular weight is 444 g/mol. The monoisotopic (exact) mass is 443 g/mol. The van der Waals surface area contributed by atoms with Crippen LogP contribution in [0.2, 0.25) is 0 Å². The molecule has 1 heterocycles. The molecule has 3 aliphatic rings. The largest absolute Gasteiger partial charge is 0.497 e. The molecule has 1 atom stereocenters. The molecule has 178 valence electrons. The van der Waals surface area contributed by atoms with Crippen LogP contribution in [0.4, 0.5) is 0 Å². The molecule has 2 aliphatic carbocycles. The number of benzene rings is 1. The van der Waals surface area contributed by atoms with Gasteiger partial charge in [0.2, 0.25) is 0 Å². The van der Waals surface area contributed by atoms with Crippen LogP contribution in [0.1, 0.15) is 44.2 Å². The molecule has 3 fully saturated rings. The molecule has 7 heteroatoms. The zero-order valence-electron chi connectivity index (χ0n) is 19.9. The summed E-state index contributed by atoms with van der Waals surface area (Å²) in [6.07, 6.45) is 5.61. The molecule has 1 aliphatic heterocycles. The van der Waals surface area contributed by atoms with E-state index in [0.29, 0.717) is 0 Å². The second kappa shape index (κ2) is 11.9. The lowest BCUT2D eigenvalue weighted by Gasteiger charge is -2.34. The number of hydrogen-bond donors (Lipinski definition) is 2. The molecule has 0 radical (unpaired) electrons. The van der Waals surface area contributed by atoms with Crippen molar-refractivity contribution < 1.29 is 9.47 Å². The highest BCUT2D eigenvalue weighted by atomic mass is 16.5. The first kappa shape index (κ1) is 23.3. The quantitative estimate of drug-likeness (QED) is 0.382. The van der Waals surface area contributed by atoms with Crippen molar-refractivity contribution in [2.45, 2.75) is 44.7 Å². The third-order valence-electron chi connectivity index (χ3n) is 6.70. The van der Waals surface area contributed by atoms with Crippen LogP contribution in [-0.4, -0.2) is 87.9 Å². The fraction of sp³-hybridized carbons (Fsp3) is 0.720. The summed E-state index contributed by atoms with van der Waals surface area (Å²) in [4.78, 5) is 10.2.